The van der Waals surface area contributed by atoms with Gasteiger partial charge in [-0.25, -0.2) is 0 Å². The van der Waals surface area contributed by atoms with E-state index in [2.05, 4.69) is 116 Å². The first-order valence-electron chi connectivity index (χ1n) is 12.5. The largest absolute Gasteiger partial charge is 0.286 e. The first-order valence-corrected chi connectivity index (χ1v) is 12.5. The van der Waals surface area contributed by atoms with Gasteiger partial charge in [0.15, 0.2) is 0 Å². The molecule has 182 valence electrons. The van der Waals surface area contributed by atoms with E-state index in [1.165, 1.54) is 22.3 Å². The lowest BCUT2D eigenvalue weighted by Crippen LogP contribution is -2.23. The summed E-state index contributed by atoms with van der Waals surface area (Å²) in [7, 11) is 3.73. The zero-order chi connectivity index (χ0) is 25.4. The normalized spacial score (nSPS) is 19.9. The minimum atomic E-state index is 0.210. The van der Waals surface area contributed by atoms with Crippen LogP contribution in [0.15, 0.2) is 79.9 Å². The minimum Gasteiger partial charge on any atom is -0.286 e. The molecule has 0 fully saturated rings. The molecule has 0 aromatic carbocycles. The van der Waals surface area contributed by atoms with Crippen molar-refractivity contribution >= 4 is 11.4 Å². The second-order valence-corrected chi connectivity index (χ2v) is 10.2. The van der Waals surface area contributed by atoms with Crippen molar-refractivity contribution in [3.05, 3.63) is 69.9 Å². The Morgan fingerprint density at radius 3 is 1.39 bits per heavy atom. The lowest BCUT2D eigenvalue weighted by Gasteiger charge is -2.28. The second kappa shape index (κ2) is 12.3. The molecule has 0 aliphatic heterocycles. The fourth-order valence-electron chi connectivity index (χ4n) is 3.86. The third kappa shape index (κ3) is 6.88. The summed E-state index contributed by atoms with van der Waals surface area (Å²) < 4.78 is 0. The average molecular weight is 449 g/mol. The highest BCUT2D eigenvalue weighted by Crippen LogP contribution is 2.34. The van der Waals surface area contributed by atoms with Crippen LogP contribution in [-0.4, -0.2) is 25.5 Å². The first kappa shape index (κ1) is 28.8. The average Bonchev–Trinajstić information content (AvgIpc) is 2.83. The van der Waals surface area contributed by atoms with Crippen molar-refractivity contribution in [1.29, 1.82) is 0 Å². The summed E-state index contributed by atoms with van der Waals surface area (Å²) >= 11 is 0. The Balaban J connectivity index is 3.44. The fourth-order valence-corrected chi connectivity index (χ4v) is 3.86. The molecule has 0 radical (unpaired) electrons. The van der Waals surface area contributed by atoms with Crippen molar-refractivity contribution in [2.75, 3.05) is 14.1 Å². The van der Waals surface area contributed by atoms with Crippen LogP contribution >= 0.6 is 0 Å². The monoisotopic (exact) mass is 448 g/mol. The molecule has 1 aliphatic carbocycles. The maximum Gasteiger partial charge on any atom is 0.0903 e. The van der Waals surface area contributed by atoms with Crippen LogP contribution in [0.1, 0.15) is 88.5 Å². The van der Waals surface area contributed by atoms with E-state index in [4.69, 9.17) is 0 Å². The zero-order valence-electron chi connectivity index (χ0n) is 23.5. The van der Waals surface area contributed by atoms with Gasteiger partial charge in [-0.05, 0) is 68.9 Å². The van der Waals surface area contributed by atoms with Gasteiger partial charge in [-0.3, -0.25) is 9.98 Å². The molecule has 0 saturated heterocycles. The van der Waals surface area contributed by atoms with Crippen molar-refractivity contribution in [2.45, 2.75) is 88.5 Å². The quantitative estimate of drug-likeness (QED) is 0.248. The van der Waals surface area contributed by atoms with Gasteiger partial charge in [0.05, 0.1) is 11.4 Å². The topological polar surface area (TPSA) is 24.7 Å². The third-order valence-electron chi connectivity index (χ3n) is 8.08. The number of aliphatic imine (C=N–C) groups is 2. The molecule has 33 heavy (non-hydrogen) atoms. The van der Waals surface area contributed by atoms with Gasteiger partial charge in [-0.15, -0.1) is 0 Å². The van der Waals surface area contributed by atoms with Crippen molar-refractivity contribution in [1.82, 2.24) is 0 Å². The SMILES string of the molecule is CCC(C)(C)/C(C)=C/C=C(\C)C1=CC=C(/C(C)=C/C=C(\C)C(C)(CC)CC)C(=NC)C1=NC. The Labute approximate surface area is 204 Å². The zero-order valence-corrected chi connectivity index (χ0v) is 23.5. The smallest absolute Gasteiger partial charge is 0.0903 e. The molecule has 2 heteroatoms. The predicted octanol–water partition coefficient (Wildman–Crippen LogP) is 9.04. The van der Waals surface area contributed by atoms with Crippen LogP contribution in [0.4, 0.5) is 0 Å². The molecule has 0 heterocycles. The Morgan fingerprint density at radius 2 is 1.06 bits per heavy atom. The van der Waals surface area contributed by atoms with Crippen LogP contribution in [0.5, 0.6) is 0 Å². The Hall–Kier alpha value is -2.22. The molecule has 0 amide bonds. The van der Waals surface area contributed by atoms with Crippen molar-refractivity contribution in [2.24, 2.45) is 20.8 Å². The molecule has 0 bridgehead atoms. The van der Waals surface area contributed by atoms with Crippen molar-refractivity contribution < 1.29 is 0 Å². The van der Waals surface area contributed by atoms with Gasteiger partial charge >= 0.3 is 0 Å². The van der Waals surface area contributed by atoms with Crippen LogP contribution in [-0.2, 0) is 0 Å². The van der Waals surface area contributed by atoms with E-state index < -0.39 is 0 Å². The van der Waals surface area contributed by atoms with Crippen LogP contribution in [0.3, 0.4) is 0 Å². The molecule has 0 saturated carbocycles. The fraction of sp³-hybridized carbons (Fsp3) is 0.548. The molecule has 0 unspecified atom stereocenters. The van der Waals surface area contributed by atoms with Crippen LogP contribution in [0.25, 0.3) is 0 Å². The summed E-state index contributed by atoms with van der Waals surface area (Å²) in [5.41, 5.74) is 9.91. The standard InChI is InChI=1S/C31H48N2/c1-13-30(8,9)24(6)18-16-22(4)26-20-21-27(29(33-12)28(26)32-11)23(5)17-19-25(7)31(10,14-2)15-3/h16-21H,13-15H2,1-12H3/b22-16+,23-17+,24-18+,25-19+,32-28?,33-29?. The summed E-state index contributed by atoms with van der Waals surface area (Å²) in [6.45, 7) is 22.5. The molecule has 2 nitrogen and oxygen atoms in total. The molecular formula is C31H48N2. The van der Waals surface area contributed by atoms with Crippen LogP contribution in [0.2, 0.25) is 0 Å². The summed E-state index contributed by atoms with van der Waals surface area (Å²) in [5.74, 6) is 0. The van der Waals surface area contributed by atoms with Gasteiger partial charge < -0.3 is 0 Å². The maximum atomic E-state index is 4.66. The van der Waals surface area contributed by atoms with E-state index >= 15 is 0 Å². The number of nitrogens with zero attached hydrogens (tertiary/aromatic N) is 2. The summed E-state index contributed by atoms with van der Waals surface area (Å²) in [4.78, 5) is 9.32. The molecule has 0 spiro atoms. The third-order valence-corrected chi connectivity index (χ3v) is 8.08. The van der Waals surface area contributed by atoms with Crippen LogP contribution < -0.4 is 0 Å². The Kier molecular flexibility index (Phi) is 10.7. The lowest BCUT2D eigenvalue weighted by atomic mass is 9.77. The number of rotatable bonds is 9. The van der Waals surface area contributed by atoms with E-state index in [1.54, 1.807) is 0 Å². The number of allylic oxidation sites excluding steroid dienone is 12. The Morgan fingerprint density at radius 1 is 0.667 bits per heavy atom. The summed E-state index contributed by atoms with van der Waals surface area (Å²) in [6.07, 6.45) is 16.8. The predicted molar refractivity (Wildman–Crippen MR) is 151 cm³/mol. The number of hydrogen-bond donors (Lipinski definition) is 0. The van der Waals surface area contributed by atoms with Gasteiger partial charge in [-0.2, -0.15) is 0 Å². The van der Waals surface area contributed by atoms with Crippen molar-refractivity contribution in [3.63, 3.8) is 0 Å². The Bertz CT molecular complexity index is 949. The van der Waals surface area contributed by atoms with Gasteiger partial charge in [0.1, 0.15) is 0 Å². The molecule has 0 aromatic rings. The van der Waals surface area contributed by atoms with Gasteiger partial charge in [0, 0.05) is 25.2 Å². The first-order chi connectivity index (χ1) is 15.4. The molecule has 0 N–H and O–H groups in total. The molecular weight excluding hydrogens is 400 g/mol. The maximum absolute atomic E-state index is 4.66. The van der Waals surface area contributed by atoms with Crippen LogP contribution in [0, 0.1) is 10.8 Å². The van der Waals surface area contributed by atoms with Crippen molar-refractivity contribution in [3.8, 4) is 0 Å². The second-order valence-electron chi connectivity index (χ2n) is 10.2. The number of hydrogen-bond acceptors (Lipinski definition) is 2. The highest BCUT2D eigenvalue weighted by Gasteiger charge is 2.24. The van der Waals surface area contributed by atoms with Gasteiger partial charge in [0.2, 0.25) is 0 Å². The summed E-state index contributed by atoms with van der Waals surface area (Å²) in [6, 6.07) is 0. The minimum absolute atomic E-state index is 0.210. The highest BCUT2D eigenvalue weighted by atomic mass is 14.8. The van der Waals surface area contributed by atoms with Gasteiger partial charge in [-0.1, -0.05) is 89.1 Å². The molecule has 0 atom stereocenters. The van der Waals surface area contributed by atoms with E-state index in [9.17, 15) is 0 Å². The van der Waals surface area contributed by atoms with E-state index in [1.807, 2.05) is 14.1 Å². The molecule has 0 aromatic heterocycles. The van der Waals surface area contributed by atoms with Gasteiger partial charge in [0.25, 0.3) is 0 Å². The van der Waals surface area contributed by atoms with E-state index in [0.717, 1.165) is 41.8 Å². The molecule has 1 rings (SSSR count). The van der Waals surface area contributed by atoms with E-state index in [-0.39, 0.29) is 10.8 Å². The lowest BCUT2D eigenvalue weighted by molar-refractivity contribution is 0.368. The summed E-state index contributed by atoms with van der Waals surface area (Å²) in [5, 5.41) is 0. The molecule has 1 aliphatic rings. The van der Waals surface area contributed by atoms with E-state index in [0.29, 0.717) is 0 Å². The highest BCUT2D eigenvalue weighted by molar-refractivity contribution is 6.56.